The van der Waals surface area contributed by atoms with Gasteiger partial charge in [-0.25, -0.2) is 0 Å². The van der Waals surface area contributed by atoms with Crippen molar-refractivity contribution in [1.29, 1.82) is 0 Å². The third-order valence-electron chi connectivity index (χ3n) is 3.56. The molecule has 104 valence electrons. The summed E-state index contributed by atoms with van der Waals surface area (Å²) in [4.78, 5) is 0. The highest BCUT2D eigenvalue weighted by Gasteiger charge is 2.11. The normalized spacial score (nSPS) is 11.3. The van der Waals surface area contributed by atoms with Gasteiger partial charge in [0, 0.05) is 5.39 Å². The number of phenolic OH excluding ortho intramolecular Hbond substituents is 1. The summed E-state index contributed by atoms with van der Waals surface area (Å²) in [5, 5.41) is 20.8. The summed E-state index contributed by atoms with van der Waals surface area (Å²) >= 11 is 0. The highest BCUT2D eigenvalue weighted by molar-refractivity contribution is 5.95. The minimum atomic E-state index is 0.188. The minimum absolute atomic E-state index is 0.188. The first-order chi connectivity index (χ1) is 10.2. The highest BCUT2D eigenvalue weighted by Crippen LogP contribution is 2.39. The highest BCUT2D eigenvalue weighted by atomic mass is 16.3. The maximum absolute atomic E-state index is 10.5. The van der Waals surface area contributed by atoms with E-state index in [4.69, 9.17) is 0 Å². The van der Waals surface area contributed by atoms with E-state index in [0.29, 0.717) is 5.69 Å². The fraction of sp³-hybridized carbons (Fsp3) is 0.111. The molecule has 0 aliphatic rings. The van der Waals surface area contributed by atoms with Crippen molar-refractivity contribution in [2.45, 2.75) is 13.8 Å². The zero-order valence-electron chi connectivity index (χ0n) is 12.0. The Labute approximate surface area is 123 Å². The Morgan fingerprint density at radius 3 is 2.29 bits per heavy atom. The van der Waals surface area contributed by atoms with Gasteiger partial charge >= 0.3 is 0 Å². The first kappa shape index (κ1) is 13.3. The fourth-order valence-corrected chi connectivity index (χ4v) is 2.41. The average molecular weight is 276 g/mol. The Balaban J connectivity index is 2.13. The first-order valence-corrected chi connectivity index (χ1v) is 6.85. The van der Waals surface area contributed by atoms with Gasteiger partial charge in [0.2, 0.25) is 0 Å². The van der Waals surface area contributed by atoms with Crippen LogP contribution in [0.25, 0.3) is 10.8 Å². The summed E-state index contributed by atoms with van der Waals surface area (Å²) < 4.78 is 0. The second-order valence-corrected chi connectivity index (χ2v) is 5.10. The minimum Gasteiger partial charge on any atom is -0.505 e. The van der Waals surface area contributed by atoms with Crippen LogP contribution in [0.3, 0.4) is 0 Å². The molecule has 0 radical (unpaired) electrons. The van der Waals surface area contributed by atoms with E-state index in [1.807, 2.05) is 68.4 Å². The van der Waals surface area contributed by atoms with Gasteiger partial charge in [0.05, 0.1) is 5.69 Å². The average Bonchev–Trinajstić information content (AvgIpc) is 2.49. The number of hydrogen-bond acceptors (Lipinski definition) is 3. The van der Waals surface area contributed by atoms with Gasteiger partial charge in [0.15, 0.2) is 5.75 Å². The summed E-state index contributed by atoms with van der Waals surface area (Å²) in [5.41, 5.74) is 3.34. The van der Waals surface area contributed by atoms with Crippen LogP contribution in [0, 0.1) is 13.8 Å². The lowest BCUT2D eigenvalue weighted by Gasteiger charge is -2.09. The largest absolute Gasteiger partial charge is 0.505 e. The maximum atomic E-state index is 10.5. The number of nitrogens with zero attached hydrogens (tertiary/aromatic N) is 2. The van der Waals surface area contributed by atoms with Gasteiger partial charge in [-0.15, -0.1) is 5.11 Å². The van der Waals surface area contributed by atoms with E-state index >= 15 is 0 Å². The maximum Gasteiger partial charge on any atom is 0.151 e. The van der Waals surface area contributed by atoms with Crippen molar-refractivity contribution in [2.24, 2.45) is 10.2 Å². The lowest BCUT2D eigenvalue weighted by atomic mass is 10.0. The molecule has 0 aliphatic carbocycles. The smallest absolute Gasteiger partial charge is 0.151 e. The standard InChI is InChI=1S/C18H16N2O/c1-12-7-6-10-15-16(12)11-13(2)17(18(15)21)20-19-14-8-4-3-5-9-14/h3-11,21H,1-2H3/b20-19+. The molecule has 1 N–H and O–H groups in total. The number of benzene rings is 3. The van der Waals surface area contributed by atoms with Crippen molar-refractivity contribution in [1.82, 2.24) is 0 Å². The Morgan fingerprint density at radius 2 is 1.52 bits per heavy atom. The summed E-state index contributed by atoms with van der Waals surface area (Å²) in [6, 6.07) is 17.4. The molecule has 0 aliphatic heterocycles. The van der Waals surface area contributed by atoms with E-state index in [-0.39, 0.29) is 5.75 Å². The van der Waals surface area contributed by atoms with Gasteiger partial charge in [0.25, 0.3) is 0 Å². The SMILES string of the molecule is Cc1cc2c(C)cccc2c(O)c1/N=N/c1ccccc1. The quantitative estimate of drug-likeness (QED) is 0.610. The van der Waals surface area contributed by atoms with Crippen LogP contribution in [0.2, 0.25) is 0 Å². The molecule has 3 aromatic rings. The molecule has 3 nitrogen and oxygen atoms in total. The molecule has 0 saturated heterocycles. The van der Waals surface area contributed by atoms with Crippen LogP contribution in [0.1, 0.15) is 11.1 Å². The number of azo groups is 1. The summed E-state index contributed by atoms with van der Waals surface area (Å²) in [7, 11) is 0. The van der Waals surface area contributed by atoms with E-state index in [1.54, 1.807) is 0 Å². The lowest BCUT2D eigenvalue weighted by molar-refractivity contribution is 0.482. The molecule has 0 aromatic heterocycles. The van der Waals surface area contributed by atoms with Gasteiger partial charge in [-0.2, -0.15) is 5.11 Å². The number of hydrogen-bond donors (Lipinski definition) is 1. The van der Waals surface area contributed by atoms with Crippen LogP contribution in [0.15, 0.2) is 64.8 Å². The Hall–Kier alpha value is -2.68. The van der Waals surface area contributed by atoms with Crippen molar-refractivity contribution < 1.29 is 5.11 Å². The van der Waals surface area contributed by atoms with Gasteiger partial charge in [0.1, 0.15) is 5.69 Å². The molecule has 0 spiro atoms. The van der Waals surface area contributed by atoms with Crippen molar-refractivity contribution in [3.8, 4) is 5.75 Å². The van der Waals surface area contributed by atoms with Gasteiger partial charge in [-0.1, -0.05) is 36.4 Å². The van der Waals surface area contributed by atoms with Crippen LogP contribution in [-0.2, 0) is 0 Å². The molecular weight excluding hydrogens is 260 g/mol. The summed E-state index contributed by atoms with van der Waals surface area (Å²) in [5.74, 6) is 0.188. The Bertz CT molecular complexity index is 823. The van der Waals surface area contributed by atoms with Crippen LogP contribution >= 0.6 is 0 Å². The molecule has 21 heavy (non-hydrogen) atoms. The van der Waals surface area contributed by atoms with Gasteiger partial charge < -0.3 is 5.11 Å². The third-order valence-corrected chi connectivity index (χ3v) is 3.56. The van der Waals surface area contributed by atoms with Crippen LogP contribution < -0.4 is 0 Å². The molecule has 3 rings (SSSR count). The second kappa shape index (κ2) is 5.37. The predicted molar refractivity (Wildman–Crippen MR) is 85.7 cm³/mol. The first-order valence-electron chi connectivity index (χ1n) is 6.85. The van der Waals surface area contributed by atoms with Crippen molar-refractivity contribution in [3.63, 3.8) is 0 Å². The number of fused-ring (bicyclic) bond motifs is 1. The second-order valence-electron chi connectivity index (χ2n) is 5.10. The Morgan fingerprint density at radius 1 is 0.762 bits per heavy atom. The molecule has 0 amide bonds. The predicted octanol–water partition coefficient (Wildman–Crippen LogP) is 5.58. The number of aromatic hydroxyl groups is 1. The molecule has 0 saturated carbocycles. The monoisotopic (exact) mass is 276 g/mol. The van der Waals surface area contributed by atoms with Crippen LogP contribution in [0.4, 0.5) is 11.4 Å². The summed E-state index contributed by atoms with van der Waals surface area (Å²) in [6.45, 7) is 3.97. The molecule has 0 atom stereocenters. The van der Waals surface area contributed by atoms with Crippen molar-refractivity contribution in [3.05, 3.63) is 65.7 Å². The number of phenols is 1. The van der Waals surface area contributed by atoms with E-state index in [0.717, 1.165) is 27.6 Å². The van der Waals surface area contributed by atoms with Gasteiger partial charge in [-0.3, -0.25) is 0 Å². The third kappa shape index (κ3) is 2.50. The zero-order chi connectivity index (χ0) is 14.8. The van der Waals surface area contributed by atoms with E-state index in [1.165, 1.54) is 0 Å². The molecule has 0 bridgehead atoms. The lowest BCUT2D eigenvalue weighted by Crippen LogP contribution is -1.83. The van der Waals surface area contributed by atoms with E-state index in [9.17, 15) is 5.11 Å². The summed E-state index contributed by atoms with van der Waals surface area (Å²) in [6.07, 6.45) is 0. The molecule has 0 heterocycles. The van der Waals surface area contributed by atoms with Gasteiger partial charge in [-0.05, 0) is 48.6 Å². The van der Waals surface area contributed by atoms with E-state index < -0.39 is 0 Å². The molecular formula is C18H16N2O. The fourth-order valence-electron chi connectivity index (χ4n) is 2.41. The number of rotatable bonds is 2. The van der Waals surface area contributed by atoms with Crippen LogP contribution in [0.5, 0.6) is 5.75 Å². The Kier molecular flexibility index (Phi) is 3.40. The molecule has 3 aromatic carbocycles. The van der Waals surface area contributed by atoms with E-state index in [2.05, 4.69) is 10.2 Å². The topological polar surface area (TPSA) is 45.0 Å². The number of aryl methyl sites for hydroxylation is 2. The molecule has 0 unspecified atom stereocenters. The zero-order valence-corrected chi connectivity index (χ0v) is 12.0. The molecule has 3 heteroatoms. The van der Waals surface area contributed by atoms with Crippen molar-refractivity contribution in [2.75, 3.05) is 0 Å². The van der Waals surface area contributed by atoms with Crippen molar-refractivity contribution >= 4 is 22.1 Å². The molecule has 0 fully saturated rings. The van der Waals surface area contributed by atoms with Crippen LogP contribution in [-0.4, -0.2) is 5.11 Å².